The highest BCUT2D eigenvalue weighted by Gasteiger charge is 2.22. The van der Waals surface area contributed by atoms with E-state index in [9.17, 15) is 4.79 Å². The van der Waals surface area contributed by atoms with Crippen molar-refractivity contribution in [2.45, 2.75) is 46.2 Å². The fraction of sp³-hybridized carbons (Fsp3) is 0.667. The van der Waals surface area contributed by atoms with E-state index in [1.165, 1.54) is 43.5 Å². The number of piperidine rings is 1. The van der Waals surface area contributed by atoms with Gasteiger partial charge in [0, 0.05) is 26.2 Å². The SMILES string of the molecule is CC1CC(C)CN(Cc2ccccc2CNC(=O)CNCC2CC2)C1. The minimum atomic E-state index is 0.0932. The van der Waals surface area contributed by atoms with Crippen molar-refractivity contribution in [1.29, 1.82) is 0 Å². The zero-order chi connectivity index (χ0) is 17.6. The maximum atomic E-state index is 12.0. The molecule has 1 amide bonds. The van der Waals surface area contributed by atoms with Crippen LogP contribution in [0.3, 0.4) is 0 Å². The number of nitrogens with zero attached hydrogens (tertiary/aromatic N) is 1. The molecule has 1 aliphatic carbocycles. The van der Waals surface area contributed by atoms with E-state index in [-0.39, 0.29) is 5.91 Å². The summed E-state index contributed by atoms with van der Waals surface area (Å²) in [4.78, 5) is 14.6. The number of hydrogen-bond acceptors (Lipinski definition) is 3. The van der Waals surface area contributed by atoms with E-state index in [1.807, 2.05) is 0 Å². The topological polar surface area (TPSA) is 44.4 Å². The molecule has 25 heavy (non-hydrogen) atoms. The van der Waals surface area contributed by atoms with E-state index in [0.717, 1.165) is 30.8 Å². The molecule has 2 aliphatic rings. The summed E-state index contributed by atoms with van der Waals surface area (Å²) in [5, 5.41) is 6.32. The smallest absolute Gasteiger partial charge is 0.234 e. The van der Waals surface area contributed by atoms with Gasteiger partial charge in [0.1, 0.15) is 0 Å². The lowest BCUT2D eigenvalue weighted by molar-refractivity contribution is -0.120. The Hall–Kier alpha value is -1.39. The Morgan fingerprint density at radius 2 is 1.80 bits per heavy atom. The molecule has 1 saturated carbocycles. The molecule has 0 aromatic heterocycles. The van der Waals surface area contributed by atoms with Gasteiger partial charge in [0.15, 0.2) is 0 Å². The Balaban J connectivity index is 1.48. The number of amides is 1. The van der Waals surface area contributed by atoms with E-state index >= 15 is 0 Å². The van der Waals surface area contributed by atoms with E-state index in [2.05, 4.69) is 53.6 Å². The normalized spacial score (nSPS) is 24.2. The van der Waals surface area contributed by atoms with Crippen LogP contribution in [0.2, 0.25) is 0 Å². The lowest BCUT2D eigenvalue weighted by Crippen LogP contribution is -2.38. The van der Waals surface area contributed by atoms with E-state index < -0.39 is 0 Å². The van der Waals surface area contributed by atoms with Crippen LogP contribution >= 0.6 is 0 Å². The third-order valence-electron chi connectivity index (χ3n) is 5.35. The molecule has 2 N–H and O–H groups in total. The summed E-state index contributed by atoms with van der Waals surface area (Å²) in [6.45, 7) is 10.1. The molecule has 0 spiro atoms. The summed E-state index contributed by atoms with van der Waals surface area (Å²) in [7, 11) is 0. The van der Waals surface area contributed by atoms with Crippen molar-refractivity contribution in [3.05, 3.63) is 35.4 Å². The Kier molecular flexibility index (Phi) is 6.49. The standard InChI is InChI=1S/C21H33N3O/c1-16-9-17(2)14-24(13-16)15-20-6-4-3-5-19(20)11-23-21(25)12-22-10-18-7-8-18/h3-6,16-18,22H,7-15H2,1-2H3,(H,23,25). The van der Waals surface area contributed by atoms with Crippen LogP contribution in [0, 0.1) is 17.8 Å². The van der Waals surface area contributed by atoms with Gasteiger partial charge in [0.2, 0.25) is 5.91 Å². The zero-order valence-electron chi connectivity index (χ0n) is 15.8. The maximum absolute atomic E-state index is 12.0. The second-order valence-corrected chi connectivity index (χ2v) is 8.26. The van der Waals surface area contributed by atoms with Crippen LogP contribution in [0.5, 0.6) is 0 Å². The number of carbonyl (C=O) groups is 1. The summed E-state index contributed by atoms with van der Waals surface area (Å²) in [5.41, 5.74) is 2.58. The summed E-state index contributed by atoms with van der Waals surface area (Å²) in [6.07, 6.45) is 3.97. The first kappa shape index (κ1) is 18.4. The Bertz CT molecular complexity index is 560. The highest BCUT2D eigenvalue weighted by atomic mass is 16.1. The number of hydrogen-bond donors (Lipinski definition) is 2. The van der Waals surface area contributed by atoms with E-state index in [1.54, 1.807) is 0 Å². The summed E-state index contributed by atoms with van der Waals surface area (Å²) >= 11 is 0. The number of carbonyl (C=O) groups excluding carboxylic acids is 1. The van der Waals surface area contributed by atoms with Gasteiger partial charge < -0.3 is 10.6 Å². The highest BCUT2D eigenvalue weighted by molar-refractivity contribution is 5.78. The molecular formula is C21H33N3O. The second-order valence-electron chi connectivity index (χ2n) is 8.26. The predicted molar refractivity (Wildman–Crippen MR) is 102 cm³/mol. The van der Waals surface area contributed by atoms with Gasteiger partial charge in [-0.3, -0.25) is 9.69 Å². The van der Waals surface area contributed by atoms with Crippen molar-refractivity contribution in [2.24, 2.45) is 17.8 Å². The van der Waals surface area contributed by atoms with E-state index in [4.69, 9.17) is 0 Å². The van der Waals surface area contributed by atoms with Crippen molar-refractivity contribution < 1.29 is 4.79 Å². The van der Waals surface area contributed by atoms with Crippen LogP contribution in [0.25, 0.3) is 0 Å². The molecule has 4 nitrogen and oxygen atoms in total. The Morgan fingerprint density at radius 3 is 2.48 bits per heavy atom. The molecule has 2 fully saturated rings. The van der Waals surface area contributed by atoms with Gasteiger partial charge in [-0.1, -0.05) is 38.1 Å². The third kappa shape index (κ3) is 6.12. The lowest BCUT2D eigenvalue weighted by atomic mass is 9.91. The molecule has 3 rings (SSSR count). The molecule has 1 heterocycles. The predicted octanol–water partition coefficient (Wildman–Crippen LogP) is 2.78. The van der Waals surface area contributed by atoms with Crippen molar-refractivity contribution in [1.82, 2.24) is 15.5 Å². The van der Waals surface area contributed by atoms with Gasteiger partial charge >= 0.3 is 0 Å². The minimum absolute atomic E-state index is 0.0932. The summed E-state index contributed by atoms with van der Waals surface area (Å²) in [5.74, 6) is 2.44. The van der Waals surface area contributed by atoms with Gasteiger partial charge in [0.25, 0.3) is 0 Å². The van der Waals surface area contributed by atoms with Crippen LogP contribution in [0.15, 0.2) is 24.3 Å². The van der Waals surface area contributed by atoms with Crippen LogP contribution in [-0.4, -0.2) is 37.0 Å². The summed E-state index contributed by atoms with van der Waals surface area (Å²) in [6, 6.07) is 8.52. The monoisotopic (exact) mass is 343 g/mol. The van der Waals surface area contributed by atoms with Gasteiger partial charge in [-0.25, -0.2) is 0 Å². The largest absolute Gasteiger partial charge is 0.351 e. The van der Waals surface area contributed by atoms with Gasteiger partial charge in [-0.15, -0.1) is 0 Å². The van der Waals surface area contributed by atoms with Crippen molar-refractivity contribution >= 4 is 5.91 Å². The van der Waals surface area contributed by atoms with E-state index in [0.29, 0.717) is 13.1 Å². The molecular weight excluding hydrogens is 310 g/mol. The second kappa shape index (κ2) is 8.81. The summed E-state index contributed by atoms with van der Waals surface area (Å²) < 4.78 is 0. The first-order valence-corrected chi connectivity index (χ1v) is 9.86. The van der Waals surface area contributed by atoms with Crippen molar-refractivity contribution in [2.75, 3.05) is 26.2 Å². The molecule has 2 atom stereocenters. The molecule has 1 aromatic carbocycles. The van der Waals surface area contributed by atoms with Crippen LogP contribution < -0.4 is 10.6 Å². The molecule has 1 saturated heterocycles. The molecule has 0 radical (unpaired) electrons. The zero-order valence-corrected chi connectivity index (χ0v) is 15.8. The fourth-order valence-corrected chi connectivity index (χ4v) is 4.01. The van der Waals surface area contributed by atoms with Crippen LogP contribution in [0.1, 0.15) is 44.2 Å². The van der Waals surface area contributed by atoms with Gasteiger partial charge in [-0.05, 0) is 54.7 Å². The van der Waals surface area contributed by atoms with Crippen molar-refractivity contribution in [3.8, 4) is 0 Å². The average molecular weight is 344 g/mol. The molecule has 0 bridgehead atoms. The number of nitrogens with one attached hydrogen (secondary N) is 2. The van der Waals surface area contributed by atoms with Gasteiger partial charge in [-0.2, -0.15) is 0 Å². The minimum Gasteiger partial charge on any atom is -0.351 e. The lowest BCUT2D eigenvalue weighted by Gasteiger charge is -2.35. The quantitative estimate of drug-likeness (QED) is 0.763. The third-order valence-corrected chi connectivity index (χ3v) is 5.35. The molecule has 4 heteroatoms. The van der Waals surface area contributed by atoms with Crippen LogP contribution in [-0.2, 0) is 17.9 Å². The first-order valence-electron chi connectivity index (χ1n) is 9.86. The molecule has 138 valence electrons. The first-order chi connectivity index (χ1) is 12.1. The van der Waals surface area contributed by atoms with Gasteiger partial charge in [0.05, 0.1) is 6.54 Å². The fourth-order valence-electron chi connectivity index (χ4n) is 4.01. The Morgan fingerprint density at radius 1 is 1.12 bits per heavy atom. The average Bonchev–Trinajstić information content (AvgIpc) is 3.37. The number of likely N-dealkylation sites (tertiary alicyclic amines) is 1. The van der Waals surface area contributed by atoms with Crippen molar-refractivity contribution in [3.63, 3.8) is 0 Å². The molecule has 1 aliphatic heterocycles. The molecule has 2 unspecified atom stereocenters. The number of benzene rings is 1. The Labute approximate surface area is 152 Å². The molecule has 1 aromatic rings. The maximum Gasteiger partial charge on any atom is 0.234 e. The number of rotatable bonds is 8. The van der Waals surface area contributed by atoms with Crippen LogP contribution in [0.4, 0.5) is 0 Å². The highest BCUT2D eigenvalue weighted by Crippen LogP contribution is 2.27.